The van der Waals surface area contributed by atoms with Crippen LogP contribution in [0.4, 0.5) is 0 Å². The molecule has 2 heterocycles. The molecule has 2 saturated heterocycles. The SMILES string of the molecule is [B][C@@H]1O[C@@]2(CC)OCCO[C@H]1C2C. The van der Waals surface area contributed by atoms with E-state index in [0.29, 0.717) is 13.2 Å². The Morgan fingerprint density at radius 1 is 1.46 bits per heavy atom. The molecular formula is C9H15BO3. The Hall–Kier alpha value is -0.0551. The van der Waals surface area contributed by atoms with Crippen LogP contribution in [-0.2, 0) is 14.2 Å². The summed E-state index contributed by atoms with van der Waals surface area (Å²) in [7, 11) is 5.81. The Morgan fingerprint density at radius 2 is 2.23 bits per heavy atom. The van der Waals surface area contributed by atoms with Gasteiger partial charge in [-0.05, 0) is 6.42 Å². The van der Waals surface area contributed by atoms with Crippen molar-refractivity contribution < 1.29 is 14.2 Å². The second kappa shape index (κ2) is 3.26. The Bertz CT molecular complexity index is 199. The van der Waals surface area contributed by atoms with Gasteiger partial charge in [0.05, 0.1) is 19.3 Å². The highest BCUT2D eigenvalue weighted by Gasteiger charge is 2.52. The second-order valence-electron chi connectivity index (χ2n) is 3.72. The minimum Gasteiger partial charge on any atom is -0.373 e. The van der Waals surface area contributed by atoms with E-state index in [1.807, 2.05) is 0 Å². The van der Waals surface area contributed by atoms with Crippen molar-refractivity contribution in [2.45, 2.75) is 38.2 Å². The maximum Gasteiger partial charge on any atom is 0.172 e. The van der Waals surface area contributed by atoms with Gasteiger partial charge in [0.25, 0.3) is 0 Å². The van der Waals surface area contributed by atoms with E-state index in [9.17, 15) is 0 Å². The van der Waals surface area contributed by atoms with Crippen molar-refractivity contribution in [3.8, 4) is 0 Å². The minimum absolute atomic E-state index is 0.0116. The van der Waals surface area contributed by atoms with Crippen LogP contribution in [0.2, 0.25) is 0 Å². The van der Waals surface area contributed by atoms with E-state index < -0.39 is 5.79 Å². The summed E-state index contributed by atoms with van der Waals surface area (Å²) >= 11 is 0. The molecule has 2 aliphatic rings. The molecule has 4 atom stereocenters. The van der Waals surface area contributed by atoms with Gasteiger partial charge in [-0.3, -0.25) is 0 Å². The summed E-state index contributed by atoms with van der Waals surface area (Å²) in [5, 5.41) is 0. The molecule has 0 saturated carbocycles. The monoisotopic (exact) mass is 182 g/mol. The molecule has 4 heteroatoms. The van der Waals surface area contributed by atoms with Crippen molar-refractivity contribution in [1.82, 2.24) is 0 Å². The van der Waals surface area contributed by atoms with E-state index in [0.717, 1.165) is 6.42 Å². The minimum atomic E-state index is -0.499. The van der Waals surface area contributed by atoms with E-state index >= 15 is 0 Å². The molecule has 2 bridgehead atoms. The van der Waals surface area contributed by atoms with Crippen molar-refractivity contribution >= 4 is 7.85 Å². The largest absolute Gasteiger partial charge is 0.373 e. The van der Waals surface area contributed by atoms with Crippen LogP contribution in [0.25, 0.3) is 0 Å². The van der Waals surface area contributed by atoms with Crippen LogP contribution < -0.4 is 0 Å². The lowest BCUT2D eigenvalue weighted by molar-refractivity contribution is -0.237. The predicted molar refractivity (Wildman–Crippen MR) is 48.5 cm³/mol. The molecule has 0 aliphatic carbocycles. The van der Waals surface area contributed by atoms with E-state index in [1.165, 1.54) is 0 Å². The lowest BCUT2D eigenvalue weighted by Crippen LogP contribution is -2.37. The van der Waals surface area contributed by atoms with Gasteiger partial charge in [0.15, 0.2) is 5.79 Å². The summed E-state index contributed by atoms with van der Waals surface area (Å²) in [6, 6.07) is -0.338. The molecule has 2 aliphatic heterocycles. The first-order chi connectivity index (χ1) is 6.19. The Kier molecular flexibility index (Phi) is 2.38. The number of fused-ring (bicyclic) bond motifs is 2. The van der Waals surface area contributed by atoms with Crippen molar-refractivity contribution in [2.75, 3.05) is 13.2 Å². The van der Waals surface area contributed by atoms with Crippen molar-refractivity contribution in [3.63, 3.8) is 0 Å². The van der Waals surface area contributed by atoms with Gasteiger partial charge in [0, 0.05) is 11.9 Å². The van der Waals surface area contributed by atoms with Crippen LogP contribution in [0.1, 0.15) is 20.3 Å². The Balaban J connectivity index is 2.24. The molecule has 1 unspecified atom stereocenters. The van der Waals surface area contributed by atoms with Gasteiger partial charge in [0.2, 0.25) is 0 Å². The number of hydrogen-bond acceptors (Lipinski definition) is 3. The van der Waals surface area contributed by atoms with Crippen molar-refractivity contribution in [1.29, 1.82) is 0 Å². The number of rotatable bonds is 1. The smallest absolute Gasteiger partial charge is 0.172 e. The van der Waals surface area contributed by atoms with Gasteiger partial charge in [0.1, 0.15) is 7.85 Å². The highest BCUT2D eigenvalue weighted by atomic mass is 16.7. The fraction of sp³-hybridized carbons (Fsp3) is 1.00. The molecule has 0 aromatic heterocycles. The Morgan fingerprint density at radius 3 is 2.92 bits per heavy atom. The van der Waals surface area contributed by atoms with Gasteiger partial charge in [-0.25, -0.2) is 0 Å². The molecule has 72 valence electrons. The molecule has 13 heavy (non-hydrogen) atoms. The normalized spacial score (nSPS) is 50.5. The zero-order valence-corrected chi connectivity index (χ0v) is 8.16. The van der Waals surface area contributed by atoms with Crippen LogP contribution in [0.3, 0.4) is 0 Å². The topological polar surface area (TPSA) is 27.7 Å². The van der Waals surface area contributed by atoms with E-state index in [-0.39, 0.29) is 18.0 Å². The summed E-state index contributed by atoms with van der Waals surface area (Å²) in [5.74, 6) is -0.282. The van der Waals surface area contributed by atoms with Gasteiger partial charge >= 0.3 is 0 Å². The van der Waals surface area contributed by atoms with Crippen LogP contribution in [0, 0.1) is 5.92 Å². The second-order valence-corrected chi connectivity index (χ2v) is 3.72. The lowest BCUT2D eigenvalue weighted by Gasteiger charge is -2.30. The first kappa shape index (κ1) is 9.50. The highest BCUT2D eigenvalue weighted by Crippen LogP contribution is 2.41. The fourth-order valence-electron chi connectivity index (χ4n) is 2.25. The van der Waals surface area contributed by atoms with Crippen molar-refractivity contribution in [3.05, 3.63) is 0 Å². The molecule has 3 nitrogen and oxygen atoms in total. The molecule has 0 spiro atoms. The molecule has 2 fully saturated rings. The molecule has 0 aromatic carbocycles. The average molecular weight is 182 g/mol. The maximum absolute atomic E-state index is 5.81. The summed E-state index contributed by atoms with van der Waals surface area (Å²) < 4.78 is 16.9. The van der Waals surface area contributed by atoms with Crippen LogP contribution >= 0.6 is 0 Å². The molecular weight excluding hydrogens is 167 g/mol. The number of hydrogen-bond donors (Lipinski definition) is 0. The van der Waals surface area contributed by atoms with Crippen LogP contribution in [0.15, 0.2) is 0 Å². The lowest BCUT2D eigenvalue weighted by atomic mass is 9.87. The summed E-state index contributed by atoms with van der Waals surface area (Å²) in [6.45, 7) is 5.35. The van der Waals surface area contributed by atoms with Crippen molar-refractivity contribution in [2.24, 2.45) is 5.92 Å². The molecule has 2 rings (SSSR count). The van der Waals surface area contributed by atoms with Gasteiger partial charge in [-0.15, -0.1) is 0 Å². The van der Waals surface area contributed by atoms with Gasteiger partial charge < -0.3 is 14.2 Å². The van der Waals surface area contributed by atoms with Gasteiger partial charge in [-0.1, -0.05) is 13.8 Å². The quantitative estimate of drug-likeness (QED) is 0.557. The Labute approximate surface area is 80.1 Å². The summed E-state index contributed by atoms with van der Waals surface area (Å²) in [6.07, 6.45) is 0.810. The fourth-order valence-corrected chi connectivity index (χ4v) is 2.25. The van der Waals surface area contributed by atoms with Crippen LogP contribution in [-0.4, -0.2) is 39.0 Å². The number of ether oxygens (including phenoxy) is 3. The zero-order chi connectivity index (χ0) is 9.47. The highest BCUT2D eigenvalue weighted by molar-refractivity contribution is 6.11. The third-order valence-electron chi connectivity index (χ3n) is 3.08. The predicted octanol–water partition coefficient (Wildman–Crippen LogP) is 0.669. The van der Waals surface area contributed by atoms with E-state index in [2.05, 4.69) is 13.8 Å². The first-order valence-electron chi connectivity index (χ1n) is 4.88. The van der Waals surface area contributed by atoms with Crippen LogP contribution in [0.5, 0.6) is 0 Å². The molecule has 0 amide bonds. The maximum atomic E-state index is 5.81. The van der Waals surface area contributed by atoms with E-state index in [4.69, 9.17) is 22.1 Å². The first-order valence-corrected chi connectivity index (χ1v) is 4.88. The molecule has 0 N–H and O–H groups in total. The third kappa shape index (κ3) is 1.32. The summed E-state index contributed by atoms with van der Waals surface area (Å²) in [4.78, 5) is 0. The standard InChI is InChI=1S/C9H15BO3/c1-3-9-6(2)7(8(10)13-9)11-4-5-12-9/h6-8H,3-5H2,1-2H3/t6?,7-,8+,9+/m0/s1. The molecule has 0 aromatic rings. The van der Waals surface area contributed by atoms with Gasteiger partial charge in [-0.2, -0.15) is 0 Å². The zero-order valence-electron chi connectivity index (χ0n) is 8.16. The molecule has 2 radical (unpaired) electrons. The van der Waals surface area contributed by atoms with E-state index in [1.54, 1.807) is 0 Å². The third-order valence-corrected chi connectivity index (χ3v) is 3.08. The average Bonchev–Trinajstić information content (AvgIpc) is 2.26. The summed E-state index contributed by atoms with van der Waals surface area (Å²) in [5.41, 5.74) is 0.